The molecular weight excluding hydrogens is 240 g/mol. The van der Waals surface area contributed by atoms with Gasteiger partial charge in [-0.05, 0) is 37.0 Å². The van der Waals surface area contributed by atoms with E-state index in [0.717, 1.165) is 51.4 Å². The quantitative estimate of drug-likeness (QED) is 0.479. The fourth-order valence-corrected chi connectivity index (χ4v) is 2.17. The first kappa shape index (κ1) is 18.9. The van der Waals surface area contributed by atoms with Crippen LogP contribution in [0.15, 0.2) is 0 Å². The van der Waals surface area contributed by atoms with Crippen LogP contribution in [0.2, 0.25) is 0 Å². The standard InChI is InChI=1S/C16H34O3/c1-14(12-17)8-4-5-9-15(19)10-6-7-11-16(2,3)13-18/h14-15,17-19H,4-13H2,1-3H3/t14-,15?/m1/s1. The van der Waals surface area contributed by atoms with Crippen molar-refractivity contribution in [1.29, 1.82) is 0 Å². The molecule has 116 valence electrons. The lowest BCUT2D eigenvalue weighted by molar-refractivity contribution is 0.131. The molecule has 0 radical (unpaired) electrons. The van der Waals surface area contributed by atoms with Gasteiger partial charge in [0.2, 0.25) is 0 Å². The molecule has 0 amide bonds. The van der Waals surface area contributed by atoms with Gasteiger partial charge in [0.25, 0.3) is 0 Å². The van der Waals surface area contributed by atoms with Gasteiger partial charge in [-0.25, -0.2) is 0 Å². The van der Waals surface area contributed by atoms with Crippen molar-refractivity contribution in [2.45, 2.75) is 78.2 Å². The maximum atomic E-state index is 9.86. The summed E-state index contributed by atoms with van der Waals surface area (Å²) in [6, 6.07) is 0. The first-order valence-electron chi connectivity index (χ1n) is 7.81. The molecule has 0 aliphatic carbocycles. The Morgan fingerprint density at radius 1 is 0.895 bits per heavy atom. The van der Waals surface area contributed by atoms with Gasteiger partial charge in [-0.2, -0.15) is 0 Å². The normalized spacial score (nSPS) is 15.5. The molecule has 0 rings (SSSR count). The van der Waals surface area contributed by atoms with Gasteiger partial charge in [0, 0.05) is 13.2 Å². The Labute approximate surface area is 119 Å². The van der Waals surface area contributed by atoms with Crippen LogP contribution in [-0.2, 0) is 0 Å². The van der Waals surface area contributed by atoms with E-state index in [1.165, 1.54) is 0 Å². The number of aliphatic hydroxyl groups excluding tert-OH is 3. The highest BCUT2D eigenvalue weighted by Crippen LogP contribution is 2.23. The molecule has 0 heterocycles. The van der Waals surface area contributed by atoms with Crippen molar-refractivity contribution in [2.75, 3.05) is 13.2 Å². The van der Waals surface area contributed by atoms with E-state index in [2.05, 4.69) is 20.8 Å². The SMILES string of the molecule is C[C@@H](CO)CCCCC(O)CCCCC(C)(C)CO. The zero-order valence-electron chi connectivity index (χ0n) is 13.1. The highest BCUT2D eigenvalue weighted by molar-refractivity contribution is 4.67. The summed E-state index contributed by atoms with van der Waals surface area (Å²) in [6.45, 7) is 6.71. The van der Waals surface area contributed by atoms with E-state index in [1.54, 1.807) is 0 Å². The molecule has 19 heavy (non-hydrogen) atoms. The summed E-state index contributed by atoms with van der Waals surface area (Å²) in [6.07, 6.45) is 7.89. The molecule has 3 heteroatoms. The largest absolute Gasteiger partial charge is 0.396 e. The summed E-state index contributed by atoms with van der Waals surface area (Å²) >= 11 is 0. The van der Waals surface area contributed by atoms with Crippen molar-refractivity contribution in [1.82, 2.24) is 0 Å². The van der Waals surface area contributed by atoms with E-state index >= 15 is 0 Å². The number of unbranched alkanes of at least 4 members (excludes halogenated alkanes) is 2. The predicted octanol–water partition coefficient (Wildman–Crippen LogP) is 3.12. The maximum absolute atomic E-state index is 9.86. The second-order valence-electron chi connectivity index (χ2n) is 6.79. The van der Waals surface area contributed by atoms with Crippen LogP contribution < -0.4 is 0 Å². The van der Waals surface area contributed by atoms with Gasteiger partial charge in [0.05, 0.1) is 6.10 Å². The Morgan fingerprint density at radius 3 is 1.95 bits per heavy atom. The zero-order valence-corrected chi connectivity index (χ0v) is 13.1. The molecule has 0 spiro atoms. The minimum atomic E-state index is -0.179. The monoisotopic (exact) mass is 274 g/mol. The third-order valence-corrected chi connectivity index (χ3v) is 3.86. The lowest BCUT2D eigenvalue weighted by Crippen LogP contribution is -2.16. The lowest BCUT2D eigenvalue weighted by Gasteiger charge is -2.21. The third kappa shape index (κ3) is 11.4. The van der Waals surface area contributed by atoms with Crippen molar-refractivity contribution in [3.8, 4) is 0 Å². The second-order valence-corrected chi connectivity index (χ2v) is 6.79. The number of hydrogen-bond donors (Lipinski definition) is 3. The Kier molecular flexibility index (Phi) is 10.6. The van der Waals surface area contributed by atoms with Gasteiger partial charge in [-0.15, -0.1) is 0 Å². The fraction of sp³-hybridized carbons (Fsp3) is 1.00. The van der Waals surface area contributed by atoms with Gasteiger partial charge in [-0.1, -0.05) is 46.5 Å². The molecule has 0 saturated carbocycles. The molecule has 0 aromatic carbocycles. The zero-order chi connectivity index (χ0) is 14.7. The minimum absolute atomic E-state index is 0.0192. The third-order valence-electron chi connectivity index (χ3n) is 3.86. The molecule has 0 saturated heterocycles. The summed E-state index contributed by atoms with van der Waals surface area (Å²) in [5.74, 6) is 0.387. The van der Waals surface area contributed by atoms with Crippen molar-refractivity contribution >= 4 is 0 Å². The molecule has 1 unspecified atom stereocenters. The first-order chi connectivity index (χ1) is 8.91. The molecule has 0 aromatic rings. The second kappa shape index (κ2) is 10.6. The van der Waals surface area contributed by atoms with E-state index in [0.29, 0.717) is 5.92 Å². The average Bonchev–Trinajstić information content (AvgIpc) is 2.39. The molecule has 2 atom stereocenters. The fourth-order valence-electron chi connectivity index (χ4n) is 2.17. The highest BCUT2D eigenvalue weighted by atomic mass is 16.3. The molecule has 0 bridgehead atoms. The van der Waals surface area contributed by atoms with Crippen LogP contribution in [0, 0.1) is 11.3 Å². The van der Waals surface area contributed by atoms with Crippen LogP contribution in [0.3, 0.4) is 0 Å². The van der Waals surface area contributed by atoms with Crippen molar-refractivity contribution in [3.63, 3.8) is 0 Å². The van der Waals surface area contributed by atoms with Crippen LogP contribution in [0.5, 0.6) is 0 Å². The predicted molar refractivity (Wildman–Crippen MR) is 80.1 cm³/mol. The van der Waals surface area contributed by atoms with E-state index in [1.807, 2.05) is 0 Å². The Balaban J connectivity index is 3.42. The van der Waals surface area contributed by atoms with Crippen LogP contribution in [0.25, 0.3) is 0 Å². The number of aliphatic hydroxyl groups is 3. The summed E-state index contributed by atoms with van der Waals surface area (Å²) in [4.78, 5) is 0. The van der Waals surface area contributed by atoms with E-state index in [4.69, 9.17) is 10.2 Å². The molecule has 0 fully saturated rings. The summed E-state index contributed by atoms with van der Waals surface area (Å²) in [5.41, 5.74) is 0.0192. The topological polar surface area (TPSA) is 60.7 Å². The van der Waals surface area contributed by atoms with Gasteiger partial charge < -0.3 is 15.3 Å². The molecule has 3 N–H and O–H groups in total. The van der Waals surface area contributed by atoms with Crippen molar-refractivity contribution in [2.24, 2.45) is 11.3 Å². The van der Waals surface area contributed by atoms with Crippen molar-refractivity contribution in [3.05, 3.63) is 0 Å². The Bertz CT molecular complexity index is 204. The average molecular weight is 274 g/mol. The number of rotatable bonds is 12. The highest BCUT2D eigenvalue weighted by Gasteiger charge is 2.15. The molecular formula is C16H34O3. The molecule has 3 nitrogen and oxygen atoms in total. The van der Waals surface area contributed by atoms with Gasteiger partial charge in [0.1, 0.15) is 0 Å². The van der Waals surface area contributed by atoms with Crippen LogP contribution in [0.1, 0.15) is 72.1 Å². The minimum Gasteiger partial charge on any atom is -0.396 e. The number of hydrogen-bond acceptors (Lipinski definition) is 3. The maximum Gasteiger partial charge on any atom is 0.0540 e. The van der Waals surface area contributed by atoms with Crippen molar-refractivity contribution < 1.29 is 15.3 Å². The molecule has 0 aliphatic rings. The van der Waals surface area contributed by atoms with E-state index in [9.17, 15) is 5.11 Å². The molecule has 0 aliphatic heterocycles. The lowest BCUT2D eigenvalue weighted by atomic mass is 9.87. The van der Waals surface area contributed by atoms with Crippen LogP contribution in [-0.4, -0.2) is 34.6 Å². The van der Waals surface area contributed by atoms with E-state index in [-0.39, 0.29) is 24.7 Å². The van der Waals surface area contributed by atoms with Gasteiger partial charge in [0.15, 0.2) is 0 Å². The van der Waals surface area contributed by atoms with E-state index < -0.39 is 0 Å². The Hall–Kier alpha value is -0.120. The van der Waals surface area contributed by atoms with Crippen LogP contribution in [0.4, 0.5) is 0 Å². The summed E-state index contributed by atoms with van der Waals surface area (Å²) in [7, 11) is 0. The van der Waals surface area contributed by atoms with Gasteiger partial charge >= 0.3 is 0 Å². The summed E-state index contributed by atoms with van der Waals surface area (Å²) < 4.78 is 0. The Morgan fingerprint density at radius 2 is 1.42 bits per heavy atom. The van der Waals surface area contributed by atoms with Crippen LogP contribution >= 0.6 is 0 Å². The smallest absolute Gasteiger partial charge is 0.0540 e. The summed E-state index contributed by atoms with van der Waals surface area (Å²) in [5, 5.41) is 27.9. The molecule has 0 aromatic heterocycles. The van der Waals surface area contributed by atoms with Gasteiger partial charge in [-0.3, -0.25) is 0 Å². The first-order valence-corrected chi connectivity index (χ1v) is 7.81.